The third kappa shape index (κ3) is 5.88. The number of hydrogen-bond donors (Lipinski definition) is 2. The molecule has 0 aliphatic heterocycles. The average molecular weight is 374 g/mol. The zero-order valence-corrected chi connectivity index (χ0v) is 16.4. The van der Waals surface area contributed by atoms with Crippen molar-refractivity contribution >= 4 is 11.7 Å². The van der Waals surface area contributed by atoms with Gasteiger partial charge in [0.15, 0.2) is 0 Å². The first-order valence-electron chi connectivity index (χ1n) is 9.48. The lowest BCUT2D eigenvalue weighted by Gasteiger charge is -2.10. The third-order valence-corrected chi connectivity index (χ3v) is 4.54. The number of benzene rings is 3. The molecule has 2 amide bonds. The number of hydrogen-bond acceptors (Lipinski definition) is 2. The highest BCUT2D eigenvalue weighted by Crippen LogP contribution is 2.17. The number of ether oxygens (including phenoxy) is 1. The van der Waals surface area contributed by atoms with E-state index < -0.39 is 0 Å². The van der Waals surface area contributed by atoms with E-state index in [4.69, 9.17) is 4.74 Å². The highest BCUT2D eigenvalue weighted by atomic mass is 16.5. The molecule has 0 saturated heterocycles. The first-order valence-corrected chi connectivity index (χ1v) is 9.48. The van der Waals surface area contributed by atoms with Gasteiger partial charge in [-0.25, -0.2) is 4.79 Å². The fourth-order valence-electron chi connectivity index (χ4n) is 2.99. The third-order valence-electron chi connectivity index (χ3n) is 4.54. The van der Waals surface area contributed by atoms with Crippen LogP contribution in [0.5, 0.6) is 5.75 Å². The predicted molar refractivity (Wildman–Crippen MR) is 114 cm³/mol. The van der Waals surface area contributed by atoms with Gasteiger partial charge in [-0.3, -0.25) is 0 Å². The van der Waals surface area contributed by atoms with Crippen molar-refractivity contribution in [1.82, 2.24) is 5.32 Å². The Bertz CT molecular complexity index is 906. The van der Waals surface area contributed by atoms with Crippen molar-refractivity contribution in [1.29, 1.82) is 0 Å². The first-order chi connectivity index (χ1) is 13.6. The molecular weight excluding hydrogens is 348 g/mol. The molecule has 4 heteroatoms. The van der Waals surface area contributed by atoms with Crippen molar-refractivity contribution in [2.45, 2.75) is 26.9 Å². The minimum Gasteiger partial charge on any atom is -0.489 e. The van der Waals surface area contributed by atoms with Gasteiger partial charge in [0.1, 0.15) is 12.4 Å². The lowest BCUT2D eigenvalue weighted by atomic mass is 10.0. The molecule has 4 nitrogen and oxygen atoms in total. The van der Waals surface area contributed by atoms with Crippen LogP contribution in [0.3, 0.4) is 0 Å². The van der Waals surface area contributed by atoms with Crippen LogP contribution in [-0.4, -0.2) is 12.6 Å². The summed E-state index contributed by atoms with van der Waals surface area (Å²) in [6.45, 7) is 5.30. The van der Waals surface area contributed by atoms with Crippen molar-refractivity contribution in [2.75, 3.05) is 11.9 Å². The number of carbonyl (C=O) groups is 1. The first kappa shape index (κ1) is 19.5. The summed E-state index contributed by atoms with van der Waals surface area (Å²) < 4.78 is 5.76. The molecular formula is C24H26N2O2. The summed E-state index contributed by atoms with van der Waals surface area (Å²) in [5.74, 6) is 0.768. The largest absolute Gasteiger partial charge is 0.489 e. The fourth-order valence-corrected chi connectivity index (χ4v) is 2.99. The van der Waals surface area contributed by atoms with E-state index in [1.54, 1.807) is 0 Å². The standard InChI is InChI=1S/C24H26N2O2/c1-18-8-9-21(19(2)16-18)14-15-25-24(27)26-22-10-12-23(13-11-22)28-17-20-6-4-3-5-7-20/h3-13,16H,14-15,17H2,1-2H3,(H2,25,26,27). The average Bonchev–Trinajstić information content (AvgIpc) is 2.70. The van der Waals surface area contributed by atoms with E-state index in [2.05, 4.69) is 42.7 Å². The van der Waals surface area contributed by atoms with Crippen LogP contribution in [0.25, 0.3) is 0 Å². The zero-order chi connectivity index (χ0) is 19.8. The second-order valence-electron chi connectivity index (χ2n) is 6.86. The molecule has 3 aromatic rings. The van der Waals surface area contributed by atoms with Gasteiger partial charge in [-0.15, -0.1) is 0 Å². The molecule has 3 rings (SSSR count). The number of nitrogens with one attached hydrogen (secondary N) is 2. The highest BCUT2D eigenvalue weighted by molar-refractivity contribution is 5.89. The predicted octanol–water partition coefficient (Wildman–Crippen LogP) is 5.25. The number of amides is 2. The van der Waals surface area contributed by atoms with E-state index >= 15 is 0 Å². The summed E-state index contributed by atoms with van der Waals surface area (Å²) in [7, 11) is 0. The summed E-state index contributed by atoms with van der Waals surface area (Å²) >= 11 is 0. The van der Waals surface area contributed by atoms with Gasteiger partial charge in [0, 0.05) is 12.2 Å². The van der Waals surface area contributed by atoms with Gasteiger partial charge >= 0.3 is 6.03 Å². The van der Waals surface area contributed by atoms with Gasteiger partial charge in [-0.1, -0.05) is 54.1 Å². The molecule has 3 aromatic carbocycles. The molecule has 0 saturated carbocycles. The molecule has 0 aromatic heterocycles. The lowest BCUT2D eigenvalue weighted by Crippen LogP contribution is -2.30. The van der Waals surface area contributed by atoms with Crippen LogP contribution in [0.15, 0.2) is 72.8 Å². The van der Waals surface area contributed by atoms with Crippen LogP contribution in [0.2, 0.25) is 0 Å². The van der Waals surface area contributed by atoms with Gasteiger partial charge in [0.25, 0.3) is 0 Å². The van der Waals surface area contributed by atoms with Crippen LogP contribution in [0.1, 0.15) is 22.3 Å². The Morgan fingerprint density at radius 1 is 0.929 bits per heavy atom. The Hall–Kier alpha value is -3.27. The Balaban J connectivity index is 1.42. The summed E-state index contributed by atoms with van der Waals surface area (Å²) in [5.41, 5.74) is 5.62. The molecule has 144 valence electrons. The fraction of sp³-hybridized carbons (Fsp3) is 0.208. The number of anilines is 1. The molecule has 0 unspecified atom stereocenters. The molecule has 0 fully saturated rings. The van der Waals surface area contributed by atoms with Crippen molar-refractivity contribution in [3.8, 4) is 5.75 Å². The maximum Gasteiger partial charge on any atom is 0.319 e. The summed E-state index contributed by atoms with van der Waals surface area (Å²) in [6.07, 6.45) is 0.811. The van der Waals surface area contributed by atoms with Crippen LogP contribution < -0.4 is 15.4 Å². The van der Waals surface area contributed by atoms with Crippen LogP contribution >= 0.6 is 0 Å². The minimum atomic E-state index is -0.206. The molecule has 0 aliphatic carbocycles. The Kier molecular flexibility index (Phi) is 6.68. The topological polar surface area (TPSA) is 50.4 Å². The molecule has 2 N–H and O–H groups in total. The maximum absolute atomic E-state index is 12.1. The summed E-state index contributed by atoms with van der Waals surface area (Å²) in [4.78, 5) is 12.1. The van der Waals surface area contributed by atoms with E-state index in [1.807, 2.05) is 54.6 Å². The second-order valence-corrected chi connectivity index (χ2v) is 6.86. The Labute approximate surface area is 166 Å². The monoisotopic (exact) mass is 374 g/mol. The smallest absolute Gasteiger partial charge is 0.319 e. The number of carbonyl (C=O) groups excluding carboxylic acids is 1. The minimum absolute atomic E-state index is 0.206. The van der Waals surface area contributed by atoms with Crippen molar-refractivity contribution < 1.29 is 9.53 Å². The number of aryl methyl sites for hydroxylation is 2. The normalized spacial score (nSPS) is 10.4. The van der Waals surface area contributed by atoms with Gasteiger partial charge < -0.3 is 15.4 Å². The van der Waals surface area contributed by atoms with E-state index in [9.17, 15) is 4.79 Å². The molecule has 0 heterocycles. The van der Waals surface area contributed by atoms with Crippen LogP contribution in [0.4, 0.5) is 10.5 Å². The van der Waals surface area contributed by atoms with E-state index in [0.29, 0.717) is 13.2 Å². The second kappa shape index (κ2) is 9.60. The van der Waals surface area contributed by atoms with E-state index in [1.165, 1.54) is 16.7 Å². The van der Waals surface area contributed by atoms with Crippen molar-refractivity contribution in [2.24, 2.45) is 0 Å². The van der Waals surface area contributed by atoms with Crippen molar-refractivity contribution in [3.05, 3.63) is 95.1 Å². The van der Waals surface area contributed by atoms with E-state index in [-0.39, 0.29) is 6.03 Å². The Morgan fingerprint density at radius 3 is 2.39 bits per heavy atom. The molecule has 0 aliphatic rings. The maximum atomic E-state index is 12.1. The molecule has 0 spiro atoms. The molecule has 0 bridgehead atoms. The Morgan fingerprint density at radius 2 is 1.68 bits per heavy atom. The van der Waals surface area contributed by atoms with E-state index in [0.717, 1.165) is 23.4 Å². The summed E-state index contributed by atoms with van der Waals surface area (Å²) in [5, 5.41) is 5.75. The van der Waals surface area contributed by atoms with Gasteiger partial charge in [0.05, 0.1) is 0 Å². The van der Waals surface area contributed by atoms with Crippen molar-refractivity contribution in [3.63, 3.8) is 0 Å². The highest BCUT2D eigenvalue weighted by Gasteiger charge is 2.04. The summed E-state index contributed by atoms with van der Waals surface area (Å²) in [6, 6.07) is 23.6. The van der Waals surface area contributed by atoms with Gasteiger partial charge in [0.2, 0.25) is 0 Å². The van der Waals surface area contributed by atoms with Gasteiger partial charge in [-0.2, -0.15) is 0 Å². The molecule has 0 atom stereocenters. The number of urea groups is 1. The van der Waals surface area contributed by atoms with Crippen LogP contribution in [-0.2, 0) is 13.0 Å². The van der Waals surface area contributed by atoms with Crippen LogP contribution in [0, 0.1) is 13.8 Å². The SMILES string of the molecule is Cc1ccc(CCNC(=O)Nc2ccc(OCc3ccccc3)cc2)c(C)c1. The lowest BCUT2D eigenvalue weighted by molar-refractivity contribution is 0.252. The number of rotatable bonds is 7. The van der Waals surface area contributed by atoms with Gasteiger partial charge in [-0.05, 0) is 61.2 Å². The zero-order valence-electron chi connectivity index (χ0n) is 16.4. The molecule has 28 heavy (non-hydrogen) atoms. The quantitative estimate of drug-likeness (QED) is 0.594. The molecule has 0 radical (unpaired) electrons.